The maximum absolute atomic E-state index is 10.9. The van der Waals surface area contributed by atoms with E-state index < -0.39 is 12.1 Å². The number of thiol groups is 6. The van der Waals surface area contributed by atoms with Gasteiger partial charge in [0.2, 0.25) is 5.12 Å². The van der Waals surface area contributed by atoms with Crippen molar-refractivity contribution >= 4 is 184 Å². The van der Waals surface area contributed by atoms with Crippen molar-refractivity contribution in [2.45, 2.75) is 27.7 Å². The molecule has 5 N–H and O–H groups in total. The zero-order chi connectivity index (χ0) is 59.9. The number of nitrogens with zero attached hydrogens (tertiary/aromatic N) is 11. The largest absolute Gasteiger partial charge is 0.506 e. The number of pyridine rings is 2. The van der Waals surface area contributed by atoms with Gasteiger partial charge in [0.05, 0.1) is 57.5 Å². The van der Waals surface area contributed by atoms with E-state index in [0.717, 1.165) is 55.9 Å². The molecule has 1 aliphatic heterocycles. The van der Waals surface area contributed by atoms with Crippen molar-refractivity contribution < 1.29 is 34.8 Å². The lowest BCUT2D eigenvalue weighted by Gasteiger charge is -2.04. The number of rotatable bonds is 11. The van der Waals surface area contributed by atoms with Gasteiger partial charge >= 0.3 is 12.1 Å². The molecule has 0 aliphatic carbocycles. The van der Waals surface area contributed by atoms with Gasteiger partial charge in [0.25, 0.3) is 0 Å². The molecule has 0 atom stereocenters. The number of aliphatic imine (C=N–C) groups is 1. The van der Waals surface area contributed by atoms with Crippen LogP contribution in [0.15, 0.2) is 161 Å². The van der Waals surface area contributed by atoms with Crippen LogP contribution in [0.25, 0.3) is 19.6 Å². The average Bonchev–Trinajstić information content (AvgIpc) is 3.82. The van der Waals surface area contributed by atoms with E-state index in [1.807, 2.05) is 13.8 Å². The van der Waals surface area contributed by atoms with E-state index in [0.29, 0.717) is 35.9 Å². The number of thiocarbonyl (C=S) groups is 1. The quantitative estimate of drug-likeness (QED) is 0.0109. The number of hydrogen-bond acceptors (Lipinski definition) is 25. The second-order valence-electron chi connectivity index (χ2n) is 14.5. The summed E-state index contributed by atoms with van der Waals surface area (Å²) in [5, 5.41) is 42.7. The van der Waals surface area contributed by atoms with E-state index in [1.54, 1.807) is 115 Å². The molecule has 6 aromatic heterocycles. The maximum atomic E-state index is 10.9. The van der Waals surface area contributed by atoms with Gasteiger partial charge in [-0.2, -0.15) is 4.99 Å². The molecule has 0 unspecified atom stereocenters. The summed E-state index contributed by atoms with van der Waals surface area (Å²) in [5.41, 5.74) is 6.68. The molecule has 1 amide bonds. The summed E-state index contributed by atoms with van der Waals surface area (Å²) in [6.07, 6.45) is 22.8. The summed E-state index contributed by atoms with van der Waals surface area (Å²) in [7, 11) is 3.39. The Morgan fingerprint density at radius 2 is 1.11 bits per heavy atom. The molecule has 19 nitrogen and oxygen atoms in total. The number of nitrogens with one attached hydrogen (secondary N) is 1. The van der Waals surface area contributed by atoms with Gasteiger partial charge in [0, 0.05) is 97.0 Å². The number of aromatic hydroxyl groups is 2. The lowest BCUT2D eigenvalue weighted by Crippen LogP contribution is -2.04. The standard InChI is InChI=1S/C9H8N2S2.C9H10N2S2.2C8H8N2O3S.C8H8N2OS2.C8H8N2S3/c1-6-7(2)12-13-9(6)8-5-10-3-4-11-8;1-6(7(2)12)9(13)8-5-10-3-4-11-8;1-14-7(10-8(12)13)6-5(11)3-2-4-9-6;9-8(14-4-6(12)13)7-5(11)2-1-3-10-7;1-5(8(11)13)7(12)6-4-9-2-3-10-6;1-5(8(12)13)7(11)6-4-9-2-3-10-6/h3-5H,2H2,1H3;3-5,12-13H,2H2,1H3;2-4,11H,1H3,(H,12,13);1-3,9,11H,4H2,(H,12,13);2-4,12H,1H3,(H,11,13);2-4,11H,1H3,(H,12,13)/b;9-6-;;;2*7-5-. The smallest absolute Gasteiger partial charge is 0.432 e. The second kappa shape index (κ2) is 38.0. The van der Waals surface area contributed by atoms with Gasteiger partial charge in [-0.15, -0.1) is 87.5 Å². The third kappa shape index (κ3) is 25.3. The van der Waals surface area contributed by atoms with Gasteiger partial charge < -0.3 is 20.4 Å². The van der Waals surface area contributed by atoms with Crippen molar-refractivity contribution in [3.8, 4) is 11.5 Å². The van der Waals surface area contributed by atoms with Gasteiger partial charge in [-0.05, 0) is 85.7 Å². The van der Waals surface area contributed by atoms with E-state index in [-0.39, 0.29) is 43.8 Å². The van der Waals surface area contributed by atoms with Crippen LogP contribution in [0.2, 0.25) is 0 Å². The van der Waals surface area contributed by atoms with E-state index in [2.05, 4.69) is 151 Å². The van der Waals surface area contributed by atoms with Crippen molar-refractivity contribution in [2.75, 3.05) is 12.0 Å². The van der Waals surface area contributed by atoms with Crippen molar-refractivity contribution in [1.82, 2.24) is 49.8 Å². The van der Waals surface area contributed by atoms with Crippen LogP contribution in [0.4, 0.5) is 4.79 Å². The third-order valence-electron chi connectivity index (χ3n) is 9.06. The predicted octanol–water partition coefficient (Wildman–Crippen LogP) is 12.2. The van der Waals surface area contributed by atoms with Gasteiger partial charge in [-0.25, -0.2) is 4.79 Å². The number of aromatic nitrogens is 10. The van der Waals surface area contributed by atoms with Gasteiger partial charge in [0.15, 0.2) is 0 Å². The first-order valence-electron chi connectivity index (χ1n) is 21.8. The lowest BCUT2D eigenvalue weighted by atomic mass is 10.2. The van der Waals surface area contributed by atoms with Gasteiger partial charge in [-0.3, -0.25) is 64.8 Å². The Hall–Kier alpha value is -5.80. The Morgan fingerprint density at radius 3 is 1.46 bits per heavy atom. The summed E-state index contributed by atoms with van der Waals surface area (Å²) in [4.78, 5) is 79.5. The number of allylic oxidation sites excluding steroid dienone is 2. The fourth-order valence-corrected chi connectivity index (χ4v) is 9.82. The normalized spacial score (nSPS) is 12.4. The highest BCUT2D eigenvalue weighted by Crippen LogP contribution is 2.52. The number of carbonyl (C=O) groups excluding carboxylic acids is 1. The molecule has 418 valence electrons. The molecular weight excluding hydrogens is 1230 g/mol. The highest BCUT2D eigenvalue weighted by molar-refractivity contribution is 8.82. The van der Waals surface area contributed by atoms with Crippen molar-refractivity contribution in [2.24, 2.45) is 4.99 Å². The summed E-state index contributed by atoms with van der Waals surface area (Å²) >= 11 is 31.5. The molecule has 0 saturated carbocycles. The molecule has 0 radical (unpaired) electrons. The molecule has 80 heavy (non-hydrogen) atoms. The fraction of sp³-hybridized carbons (Fsp3) is 0.120. The Bertz CT molecular complexity index is 3120. The summed E-state index contributed by atoms with van der Waals surface area (Å²) in [6, 6.07) is 5.92. The highest BCUT2D eigenvalue weighted by Gasteiger charge is 2.19. The molecule has 0 fully saturated rings. The number of carboxylic acids is 1. The number of carbonyl (C=O) groups is 3. The second-order valence-corrected chi connectivity index (χ2v) is 22.0. The van der Waals surface area contributed by atoms with E-state index in [9.17, 15) is 24.6 Å². The van der Waals surface area contributed by atoms with E-state index in [4.69, 9.17) is 27.8 Å². The Morgan fingerprint density at radius 1 is 0.662 bits per heavy atom. The molecule has 1 aliphatic rings. The van der Waals surface area contributed by atoms with Gasteiger partial charge in [0.1, 0.15) is 33.0 Å². The number of amides is 1. The highest BCUT2D eigenvalue weighted by atomic mass is 33.1. The number of hydrogen-bond donors (Lipinski definition) is 11. The van der Waals surface area contributed by atoms with Gasteiger partial charge in [-0.1, -0.05) is 47.9 Å². The first-order valence-corrected chi connectivity index (χ1v) is 29.3. The topological polar surface area (TPSA) is 297 Å². The minimum atomic E-state index is -1.31. The third-order valence-corrected chi connectivity index (χ3v) is 16.2. The zero-order valence-corrected chi connectivity index (χ0v) is 52.1. The Kier molecular flexibility index (Phi) is 33.4. The molecule has 0 aromatic carbocycles. The lowest BCUT2D eigenvalue weighted by molar-refractivity contribution is -0.133. The Labute approximate surface area is 516 Å². The van der Waals surface area contributed by atoms with Crippen LogP contribution in [0.1, 0.15) is 61.9 Å². The minimum Gasteiger partial charge on any atom is -0.506 e. The first-order chi connectivity index (χ1) is 37.9. The van der Waals surface area contributed by atoms with Crippen molar-refractivity contribution in [1.29, 1.82) is 5.41 Å². The van der Waals surface area contributed by atoms with E-state index >= 15 is 0 Å². The molecule has 7 rings (SSSR count). The van der Waals surface area contributed by atoms with Crippen LogP contribution in [0.3, 0.4) is 0 Å². The number of thioether (sulfide) groups is 2. The maximum Gasteiger partial charge on any atom is 0.432 e. The Balaban J connectivity index is 0.000000328. The monoisotopic (exact) mass is 1280 g/mol. The molecule has 0 bridgehead atoms. The molecule has 7 heterocycles. The SMILES string of the molecule is C/C(C(=O)S)=C(/S)c1cnccn1.C/C(C(=S)S)=C(/S)c1cnccn1.C=C(S)/C(C)=C(\S)c1cnccn1.C=C1SSC(c2cnccn2)=C1C.CSC(=NC(=O)O)c1ncccc1O.N=C(SCC(=O)O)c1ncccc1O. The van der Waals surface area contributed by atoms with Crippen LogP contribution in [0.5, 0.6) is 11.5 Å². The first kappa shape index (κ1) is 70.3. The summed E-state index contributed by atoms with van der Waals surface area (Å²) < 4.78 is 0.524. The van der Waals surface area contributed by atoms with Crippen molar-refractivity contribution in [3.63, 3.8) is 0 Å². The molecule has 6 aromatic rings. The van der Waals surface area contributed by atoms with Crippen molar-refractivity contribution in [3.05, 3.63) is 190 Å². The summed E-state index contributed by atoms with van der Waals surface area (Å²) in [6.45, 7) is 15.1. The molecule has 0 spiro atoms. The summed E-state index contributed by atoms with van der Waals surface area (Å²) in [5.74, 6) is -1.41. The fourth-order valence-electron chi connectivity index (χ4n) is 4.79. The van der Waals surface area contributed by atoms with Crippen LogP contribution in [-0.4, -0.2) is 114 Å². The van der Waals surface area contributed by atoms with Crippen LogP contribution in [0, 0.1) is 5.41 Å². The van der Waals surface area contributed by atoms with E-state index in [1.165, 1.54) is 41.1 Å². The number of carboxylic acid groups (broad SMARTS) is 2. The number of aliphatic carboxylic acids is 1. The van der Waals surface area contributed by atoms with Crippen LogP contribution < -0.4 is 0 Å². The zero-order valence-electron chi connectivity index (χ0n) is 42.7. The molecular formula is C50H50N12O7S11. The average molecular weight is 1280 g/mol. The molecule has 30 heteroatoms. The van der Waals surface area contributed by atoms with Crippen LogP contribution >= 0.6 is 133 Å². The minimum absolute atomic E-state index is 0.0505. The molecule has 0 saturated heterocycles. The predicted molar refractivity (Wildman–Crippen MR) is 350 cm³/mol. The van der Waals surface area contributed by atoms with Crippen LogP contribution in [-0.2, 0) is 9.59 Å².